The van der Waals surface area contributed by atoms with Gasteiger partial charge in [0, 0.05) is 27.1 Å². The predicted octanol–water partition coefficient (Wildman–Crippen LogP) is 4.35. The molecule has 2 aliphatic rings. The highest BCUT2D eigenvalue weighted by Crippen LogP contribution is 2.24. The average Bonchev–Trinajstić information content (AvgIpc) is 2.83. The fourth-order valence-corrected chi connectivity index (χ4v) is 3.42. The van der Waals surface area contributed by atoms with Gasteiger partial charge in [-0.15, -0.1) is 5.11 Å². The summed E-state index contributed by atoms with van der Waals surface area (Å²) in [5.41, 5.74) is 18.7. The summed E-state index contributed by atoms with van der Waals surface area (Å²) in [4.78, 5) is 4.78. The van der Waals surface area contributed by atoms with Crippen molar-refractivity contribution in [1.29, 1.82) is 5.53 Å². The van der Waals surface area contributed by atoms with Crippen LogP contribution in [0.2, 0.25) is 0 Å². The first-order chi connectivity index (χ1) is 15.5. The number of hydrazone groups is 1. The summed E-state index contributed by atoms with van der Waals surface area (Å²) < 4.78 is 0. The molecule has 7 nitrogen and oxygen atoms in total. The molecule has 1 unspecified atom stereocenters. The van der Waals surface area contributed by atoms with Crippen LogP contribution in [0, 0.1) is 22.8 Å². The van der Waals surface area contributed by atoms with E-state index in [0.717, 1.165) is 50.1 Å². The number of hydrogen-bond donors (Lipinski definition) is 4. The van der Waals surface area contributed by atoms with E-state index < -0.39 is 5.41 Å². The summed E-state index contributed by atoms with van der Waals surface area (Å²) in [6, 6.07) is 0. The highest BCUT2D eigenvalue weighted by molar-refractivity contribution is 5.92. The Kier molecular flexibility index (Phi) is 10.2. The van der Waals surface area contributed by atoms with Gasteiger partial charge in [0.25, 0.3) is 0 Å². The number of nitrogens with zero attached hydrogens (tertiary/aromatic N) is 3. The number of allylic oxidation sites excluding steroid dienone is 7. The quantitative estimate of drug-likeness (QED) is 0.120. The lowest BCUT2D eigenvalue weighted by Crippen LogP contribution is -2.24. The van der Waals surface area contributed by atoms with Crippen molar-refractivity contribution in [3.8, 4) is 11.8 Å². The van der Waals surface area contributed by atoms with Crippen LogP contribution >= 0.6 is 0 Å². The molecule has 0 fully saturated rings. The zero-order valence-electron chi connectivity index (χ0n) is 19.4. The molecular formula is C25H35N7. The van der Waals surface area contributed by atoms with Gasteiger partial charge in [0.1, 0.15) is 11.3 Å². The minimum absolute atomic E-state index is 0.297. The number of aliphatic imine (C=N–C) groups is 1. The van der Waals surface area contributed by atoms with E-state index in [4.69, 9.17) is 16.3 Å². The molecule has 0 aromatic carbocycles. The number of hydrogen-bond acceptors (Lipinski definition) is 5. The number of rotatable bonds is 7. The third-order valence-corrected chi connectivity index (χ3v) is 5.35. The number of amidine groups is 2. The second kappa shape index (κ2) is 13.1. The molecule has 0 radical (unpaired) electrons. The van der Waals surface area contributed by atoms with Crippen molar-refractivity contribution >= 4 is 11.7 Å². The van der Waals surface area contributed by atoms with Gasteiger partial charge >= 0.3 is 0 Å². The minimum Gasteiger partial charge on any atom is -0.392 e. The maximum atomic E-state index is 7.45. The fraction of sp³-hybridized carbons (Fsp3) is 0.440. The molecule has 5 N–H and O–H groups in total. The van der Waals surface area contributed by atoms with Crippen LogP contribution in [0.3, 0.4) is 0 Å². The van der Waals surface area contributed by atoms with Crippen molar-refractivity contribution < 1.29 is 0 Å². The van der Waals surface area contributed by atoms with Crippen LogP contribution < -0.4 is 16.5 Å². The third kappa shape index (κ3) is 7.69. The number of nitrogens with one attached hydrogen (secondary N) is 3. The van der Waals surface area contributed by atoms with Gasteiger partial charge in [-0.05, 0) is 50.5 Å². The fourth-order valence-electron chi connectivity index (χ4n) is 3.42. The molecular weight excluding hydrogens is 398 g/mol. The Morgan fingerprint density at radius 3 is 2.78 bits per heavy atom. The van der Waals surface area contributed by atoms with Gasteiger partial charge in [-0.25, -0.2) is 5.53 Å². The van der Waals surface area contributed by atoms with Gasteiger partial charge in [0.15, 0.2) is 5.84 Å². The largest absolute Gasteiger partial charge is 0.392 e. The standard InChI is InChI=1S/C25H35N7/c1-25(24(31-27)32-29-3)16-10-9-13-21(22(26)14-17-25)19-23(28-2)30-18-15-20-11-7-5-4-6-8-12-20/h4-5,8,10-12,16,27,29H,6-7,9,13,15,18-19,26H2,1-3H3,(H,28,30)/b5-4-,12-8-,16-10-,20-11+,22-21-,31-27?,32-24-. The molecule has 0 heterocycles. The van der Waals surface area contributed by atoms with Crippen LogP contribution in [0.4, 0.5) is 0 Å². The van der Waals surface area contributed by atoms with Gasteiger partial charge < -0.3 is 16.5 Å². The molecule has 2 aliphatic carbocycles. The predicted molar refractivity (Wildman–Crippen MR) is 133 cm³/mol. The van der Waals surface area contributed by atoms with Crippen LogP contribution in [0.1, 0.15) is 45.4 Å². The van der Waals surface area contributed by atoms with Crippen molar-refractivity contribution in [2.75, 3.05) is 20.6 Å². The molecule has 0 bridgehead atoms. The summed E-state index contributed by atoms with van der Waals surface area (Å²) in [6.07, 6.45) is 20.2. The van der Waals surface area contributed by atoms with Crippen molar-refractivity contribution in [3.63, 3.8) is 0 Å². The third-order valence-electron chi connectivity index (χ3n) is 5.35. The molecule has 0 amide bonds. The lowest BCUT2D eigenvalue weighted by molar-refractivity contribution is 0.747. The molecule has 0 spiro atoms. The van der Waals surface area contributed by atoms with E-state index in [-0.39, 0.29) is 0 Å². The molecule has 170 valence electrons. The maximum absolute atomic E-state index is 7.45. The maximum Gasteiger partial charge on any atom is 0.191 e. The lowest BCUT2D eigenvalue weighted by atomic mass is 9.89. The monoisotopic (exact) mass is 433 g/mol. The van der Waals surface area contributed by atoms with Crippen LogP contribution in [-0.2, 0) is 0 Å². The van der Waals surface area contributed by atoms with Gasteiger partial charge in [-0.1, -0.05) is 54.0 Å². The first kappa shape index (κ1) is 24.9. The zero-order chi connectivity index (χ0) is 23.2. The smallest absolute Gasteiger partial charge is 0.191 e. The summed E-state index contributed by atoms with van der Waals surface area (Å²) in [5, 5.41) is 10.9. The van der Waals surface area contributed by atoms with Crippen LogP contribution in [0.15, 0.2) is 74.6 Å². The molecule has 1 atom stereocenters. The van der Waals surface area contributed by atoms with E-state index in [1.807, 2.05) is 20.0 Å². The van der Waals surface area contributed by atoms with E-state index >= 15 is 0 Å². The zero-order valence-corrected chi connectivity index (χ0v) is 19.4. The Balaban J connectivity index is 2.15. The SMILES string of the molecule is CN/N=C(\N=N)C1(C)C#C/C(N)=C(/C/C(=N\CCC2=C/C/C=C\C/C=C\2)NC)CC/C=C\1. The Morgan fingerprint density at radius 1 is 1.22 bits per heavy atom. The van der Waals surface area contributed by atoms with Gasteiger partial charge in [-0.3, -0.25) is 4.99 Å². The molecule has 32 heavy (non-hydrogen) atoms. The molecule has 7 heteroatoms. The second-order valence-corrected chi connectivity index (χ2v) is 7.81. The molecule has 0 aliphatic heterocycles. The summed E-state index contributed by atoms with van der Waals surface area (Å²) in [6.45, 7) is 2.61. The molecule has 2 rings (SSSR count). The van der Waals surface area contributed by atoms with E-state index in [9.17, 15) is 0 Å². The van der Waals surface area contributed by atoms with E-state index in [2.05, 4.69) is 69.3 Å². The topological polar surface area (TPSA) is 111 Å². The highest BCUT2D eigenvalue weighted by Gasteiger charge is 2.27. The Hall–Kier alpha value is -3.40. The molecule has 0 aromatic heterocycles. The Bertz CT molecular complexity index is 935. The van der Waals surface area contributed by atoms with Crippen molar-refractivity contribution in [2.24, 2.45) is 26.4 Å². The first-order valence-electron chi connectivity index (χ1n) is 11.0. The summed E-state index contributed by atoms with van der Waals surface area (Å²) >= 11 is 0. The normalized spacial score (nSPS) is 28.8. The van der Waals surface area contributed by atoms with E-state index in [0.29, 0.717) is 18.0 Å². The molecule has 0 aromatic rings. The minimum atomic E-state index is -0.779. The van der Waals surface area contributed by atoms with E-state index in [1.54, 1.807) is 7.05 Å². The summed E-state index contributed by atoms with van der Waals surface area (Å²) in [5.74, 6) is 7.45. The van der Waals surface area contributed by atoms with Gasteiger partial charge in [0.2, 0.25) is 0 Å². The van der Waals surface area contributed by atoms with Crippen LogP contribution in [0.25, 0.3) is 0 Å². The summed E-state index contributed by atoms with van der Waals surface area (Å²) in [7, 11) is 3.57. The second-order valence-electron chi connectivity index (χ2n) is 7.81. The van der Waals surface area contributed by atoms with Crippen molar-refractivity contribution in [2.45, 2.75) is 45.4 Å². The van der Waals surface area contributed by atoms with Gasteiger partial charge in [-0.2, -0.15) is 5.10 Å². The van der Waals surface area contributed by atoms with Crippen LogP contribution in [0.5, 0.6) is 0 Å². The molecule has 0 saturated heterocycles. The lowest BCUT2D eigenvalue weighted by Gasteiger charge is -2.17. The van der Waals surface area contributed by atoms with E-state index in [1.165, 1.54) is 5.57 Å². The van der Waals surface area contributed by atoms with Gasteiger partial charge in [0.05, 0.1) is 5.70 Å². The van der Waals surface area contributed by atoms with Crippen LogP contribution in [-0.4, -0.2) is 32.3 Å². The van der Waals surface area contributed by atoms with Crippen molar-refractivity contribution in [3.05, 3.63) is 59.4 Å². The highest BCUT2D eigenvalue weighted by atomic mass is 15.3. The Labute approximate surface area is 191 Å². The first-order valence-corrected chi connectivity index (χ1v) is 11.0. The van der Waals surface area contributed by atoms with Crippen molar-refractivity contribution in [1.82, 2.24) is 10.7 Å². The Morgan fingerprint density at radius 2 is 2.03 bits per heavy atom. The molecule has 0 saturated carbocycles. The average molecular weight is 434 g/mol. The number of nitrogens with two attached hydrogens (primary N) is 1.